The van der Waals surface area contributed by atoms with E-state index in [4.69, 9.17) is 0 Å². The molecule has 0 saturated carbocycles. The second kappa shape index (κ2) is 2.93. The first kappa shape index (κ1) is 7.71. The molecule has 0 spiro atoms. The lowest BCUT2D eigenvalue weighted by Gasteiger charge is -2.04. The van der Waals surface area contributed by atoms with Crippen LogP contribution in [0.4, 0.5) is 0 Å². The molecule has 2 nitrogen and oxygen atoms in total. The Balaban J connectivity index is 1.88. The number of fused-ring (bicyclic) bond motifs is 1. The van der Waals surface area contributed by atoms with Crippen molar-refractivity contribution in [2.24, 2.45) is 11.8 Å². The van der Waals surface area contributed by atoms with Crippen molar-refractivity contribution in [3.63, 3.8) is 0 Å². The van der Waals surface area contributed by atoms with Crippen molar-refractivity contribution in [2.75, 3.05) is 13.1 Å². The van der Waals surface area contributed by atoms with Crippen molar-refractivity contribution in [2.45, 2.75) is 6.42 Å². The zero-order chi connectivity index (χ0) is 8.67. The van der Waals surface area contributed by atoms with Gasteiger partial charge in [0.25, 0.3) is 0 Å². The summed E-state index contributed by atoms with van der Waals surface area (Å²) in [5.74, 6) is 1.65. The van der Waals surface area contributed by atoms with Gasteiger partial charge in [0, 0.05) is 17.6 Å². The summed E-state index contributed by atoms with van der Waals surface area (Å²) in [4.78, 5) is 5.49. The molecule has 1 aliphatic heterocycles. The lowest BCUT2D eigenvalue weighted by molar-refractivity contribution is 0.536. The van der Waals surface area contributed by atoms with Gasteiger partial charge in [0.15, 0.2) is 0 Å². The fraction of sp³-hybridized carbons (Fsp3) is 0.500. The molecule has 0 bridgehead atoms. The van der Waals surface area contributed by atoms with Crippen LogP contribution in [0.15, 0.2) is 17.8 Å². The van der Waals surface area contributed by atoms with Crippen LogP contribution in [0.3, 0.4) is 0 Å². The van der Waals surface area contributed by atoms with Gasteiger partial charge in [0.1, 0.15) is 0 Å². The van der Waals surface area contributed by atoms with Crippen LogP contribution >= 0.6 is 11.3 Å². The molecule has 2 aliphatic rings. The molecule has 1 N–H and O–H groups in total. The minimum atomic E-state index is 0.789. The van der Waals surface area contributed by atoms with Crippen molar-refractivity contribution in [3.05, 3.63) is 22.7 Å². The van der Waals surface area contributed by atoms with Crippen molar-refractivity contribution >= 4 is 16.9 Å². The zero-order valence-electron chi connectivity index (χ0n) is 7.36. The largest absolute Gasteiger partial charge is 0.316 e. The molecular formula is C10H12N2S. The van der Waals surface area contributed by atoms with E-state index in [9.17, 15) is 0 Å². The van der Waals surface area contributed by atoms with Gasteiger partial charge in [-0.1, -0.05) is 6.08 Å². The number of aromatic nitrogens is 1. The Morgan fingerprint density at radius 1 is 1.46 bits per heavy atom. The first-order valence-corrected chi connectivity index (χ1v) is 5.62. The van der Waals surface area contributed by atoms with Crippen LogP contribution < -0.4 is 5.32 Å². The molecule has 1 fully saturated rings. The van der Waals surface area contributed by atoms with Crippen molar-refractivity contribution < 1.29 is 0 Å². The topological polar surface area (TPSA) is 24.9 Å². The van der Waals surface area contributed by atoms with Crippen LogP contribution in [0.2, 0.25) is 0 Å². The predicted octanol–water partition coefficient (Wildman–Crippen LogP) is 1.77. The summed E-state index contributed by atoms with van der Waals surface area (Å²) in [6, 6.07) is 0. The number of thiazole rings is 1. The van der Waals surface area contributed by atoms with E-state index >= 15 is 0 Å². The van der Waals surface area contributed by atoms with E-state index in [-0.39, 0.29) is 0 Å². The second-order valence-corrected chi connectivity index (χ2v) is 4.73. The SMILES string of the molecule is C1=C(c2cncs2)C[C@H]2CNC[C@@H]12. The number of nitrogens with zero attached hydrogens (tertiary/aromatic N) is 1. The summed E-state index contributed by atoms with van der Waals surface area (Å²) in [5, 5.41) is 3.43. The van der Waals surface area contributed by atoms with Crippen LogP contribution in [0.1, 0.15) is 11.3 Å². The first-order chi connectivity index (χ1) is 6.43. The molecule has 1 aliphatic carbocycles. The fourth-order valence-corrected chi connectivity index (χ4v) is 3.00. The van der Waals surface area contributed by atoms with E-state index in [1.165, 1.54) is 30.0 Å². The summed E-state index contributed by atoms with van der Waals surface area (Å²) in [6.45, 7) is 2.37. The summed E-state index contributed by atoms with van der Waals surface area (Å²) in [5.41, 5.74) is 3.45. The van der Waals surface area contributed by atoms with Crippen molar-refractivity contribution in [3.8, 4) is 0 Å². The molecule has 2 heterocycles. The molecule has 1 aromatic heterocycles. The highest BCUT2D eigenvalue weighted by atomic mass is 32.1. The molecule has 0 radical (unpaired) electrons. The molecule has 2 atom stereocenters. The maximum atomic E-state index is 4.12. The minimum absolute atomic E-state index is 0.789. The maximum Gasteiger partial charge on any atom is 0.0797 e. The highest BCUT2D eigenvalue weighted by molar-refractivity contribution is 7.10. The van der Waals surface area contributed by atoms with Gasteiger partial charge in [0.05, 0.1) is 5.51 Å². The third kappa shape index (κ3) is 1.23. The van der Waals surface area contributed by atoms with E-state index in [0.717, 1.165) is 11.8 Å². The number of allylic oxidation sites excluding steroid dienone is 1. The molecule has 13 heavy (non-hydrogen) atoms. The smallest absolute Gasteiger partial charge is 0.0797 e. The lowest BCUT2D eigenvalue weighted by Crippen LogP contribution is -2.08. The third-order valence-corrected chi connectivity index (χ3v) is 3.89. The van der Waals surface area contributed by atoms with Crippen LogP contribution in [0.5, 0.6) is 0 Å². The number of hydrogen-bond acceptors (Lipinski definition) is 3. The van der Waals surface area contributed by atoms with Gasteiger partial charge < -0.3 is 5.32 Å². The van der Waals surface area contributed by atoms with Gasteiger partial charge in [-0.25, -0.2) is 0 Å². The Kier molecular flexibility index (Phi) is 1.73. The van der Waals surface area contributed by atoms with Gasteiger partial charge in [-0.05, 0) is 30.4 Å². The monoisotopic (exact) mass is 192 g/mol. The molecule has 0 aromatic carbocycles. The van der Waals surface area contributed by atoms with Gasteiger partial charge in [0.2, 0.25) is 0 Å². The highest BCUT2D eigenvalue weighted by Gasteiger charge is 2.31. The van der Waals surface area contributed by atoms with E-state index < -0.39 is 0 Å². The number of rotatable bonds is 1. The average molecular weight is 192 g/mol. The molecule has 68 valence electrons. The quantitative estimate of drug-likeness (QED) is 0.733. The molecule has 1 aromatic rings. The van der Waals surface area contributed by atoms with Gasteiger partial charge in [-0.3, -0.25) is 4.98 Å². The van der Waals surface area contributed by atoms with E-state index in [2.05, 4.69) is 16.4 Å². The number of nitrogens with one attached hydrogen (secondary N) is 1. The van der Waals surface area contributed by atoms with Gasteiger partial charge in [-0.15, -0.1) is 11.3 Å². The van der Waals surface area contributed by atoms with E-state index in [0.29, 0.717) is 0 Å². The summed E-state index contributed by atoms with van der Waals surface area (Å²) in [6.07, 6.45) is 5.68. The minimum Gasteiger partial charge on any atom is -0.316 e. The van der Waals surface area contributed by atoms with Gasteiger partial charge in [-0.2, -0.15) is 0 Å². The molecule has 3 heteroatoms. The average Bonchev–Trinajstić information content (AvgIpc) is 2.78. The first-order valence-electron chi connectivity index (χ1n) is 4.74. The summed E-state index contributed by atoms with van der Waals surface area (Å²) in [7, 11) is 0. The Bertz CT molecular complexity index is 329. The maximum absolute atomic E-state index is 4.12. The third-order valence-electron chi connectivity index (χ3n) is 3.04. The Labute approximate surface area is 81.7 Å². The lowest BCUT2D eigenvalue weighted by atomic mass is 10.00. The van der Waals surface area contributed by atoms with Gasteiger partial charge >= 0.3 is 0 Å². The van der Waals surface area contributed by atoms with Crippen LogP contribution in [-0.2, 0) is 0 Å². The Morgan fingerprint density at radius 2 is 2.46 bits per heavy atom. The molecule has 3 rings (SSSR count). The second-order valence-electron chi connectivity index (χ2n) is 3.84. The summed E-state index contributed by atoms with van der Waals surface area (Å²) < 4.78 is 0. The predicted molar refractivity (Wildman–Crippen MR) is 54.6 cm³/mol. The van der Waals surface area contributed by atoms with E-state index in [1.54, 1.807) is 11.3 Å². The molecule has 0 unspecified atom stereocenters. The molecular weight excluding hydrogens is 180 g/mol. The van der Waals surface area contributed by atoms with Crippen LogP contribution in [0, 0.1) is 11.8 Å². The Morgan fingerprint density at radius 3 is 3.23 bits per heavy atom. The normalized spacial score (nSPS) is 31.8. The fourth-order valence-electron chi connectivity index (χ4n) is 2.34. The van der Waals surface area contributed by atoms with E-state index in [1.807, 2.05) is 11.7 Å². The summed E-state index contributed by atoms with van der Waals surface area (Å²) >= 11 is 1.76. The van der Waals surface area contributed by atoms with Crippen molar-refractivity contribution in [1.29, 1.82) is 0 Å². The zero-order valence-corrected chi connectivity index (χ0v) is 8.18. The molecule has 1 saturated heterocycles. The molecule has 0 amide bonds. The van der Waals surface area contributed by atoms with Crippen LogP contribution in [0.25, 0.3) is 5.57 Å². The Hall–Kier alpha value is -0.670. The highest BCUT2D eigenvalue weighted by Crippen LogP contribution is 2.39. The van der Waals surface area contributed by atoms with Crippen LogP contribution in [-0.4, -0.2) is 18.1 Å². The standard InChI is InChI=1S/C10H12N2S/c1-7(10-5-12-6-13-10)2-9-4-11-3-8(1)9/h1,5-6,8-9,11H,2-4H2/t8-,9+/m1/s1. The number of hydrogen-bond donors (Lipinski definition) is 1. The van der Waals surface area contributed by atoms with Crippen molar-refractivity contribution in [1.82, 2.24) is 10.3 Å².